The lowest BCUT2D eigenvalue weighted by Crippen LogP contribution is -2.41. The quantitative estimate of drug-likeness (QED) is 0.745. The van der Waals surface area contributed by atoms with Gasteiger partial charge in [0, 0.05) is 12.2 Å². The molecular formula is C13H20N4O2. The fourth-order valence-corrected chi connectivity index (χ4v) is 1.62. The zero-order valence-corrected chi connectivity index (χ0v) is 11.3. The fraction of sp³-hybridized carbons (Fsp3) is 0.462. The van der Waals surface area contributed by atoms with Crippen LogP contribution in [-0.2, 0) is 16.1 Å². The second-order valence-corrected chi connectivity index (χ2v) is 4.16. The summed E-state index contributed by atoms with van der Waals surface area (Å²) in [6.45, 7) is 4.65. The van der Waals surface area contributed by atoms with Crippen molar-refractivity contribution in [3.8, 4) is 0 Å². The first-order valence-electron chi connectivity index (χ1n) is 6.24. The number of nitrogens with two attached hydrogens (primary N) is 1. The smallest absolute Gasteiger partial charge is 0.242 e. The van der Waals surface area contributed by atoms with Crippen LogP contribution in [0.4, 0.5) is 0 Å². The Bertz CT molecular complexity index is 448. The topological polar surface area (TPSA) is 88.3 Å². The van der Waals surface area contributed by atoms with Crippen molar-refractivity contribution >= 4 is 11.8 Å². The highest BCUT2D eigenvalue weighted by molar-refractivity contribution is 5.85. The van der Waals surface area contributed by atoms with E-state index in [9.17, 15) is 9.59 Å². The van der Waals surface area contributed by atoms with Gasteiger partial charge in [-0.1, -0.05) is 6.07 Å². The molecule has 6 nitrogen and oxygen atoms in total. The fourth-order valence-electron chi connectivity index (χ4n) is 1.62. The van der Waals surface area contributed by atoms with Gasteiger partial charge in [0.1, 0.15) is 0 Å². The lowest BCUT2D eigenvalue weighted by atomic mass is 10.3. The van der Waals surface area contributed by atoms with Gasteiger partial charge in [-0.2, -0.15) is 0 Å². The highest BCUT2D eigenvalue weighted by Gasteiger charge is 2.13. The van der Waals surface area contributed by atoms with Gasteiger partial charge in [0.15, 0.2) is 0 Å². The Labute approximate surface area is 113 Å². The zero-order chi connectivity index (χ0) is 14.3. The first-order valence-corrected chi connectivity index (χ1v) is 6.24. The molecule has 0 spiro atoms. The molecule has 0 unspecified atom stereocenters. The number of pyridine rings is 1. The van der Waals surface area contributed by atoms with Gasteiger partial charge < -0.3 is 16.0 Å². The van der Waals surface area contributed by atoms with Crippen LogP contribution in [0.25, 0.3) is 0 Å². The third-order valence-electron chi connectivity index (χ3n) is 2.66. The maximum Gasteiger partial charge on any atom is 0.242 e. The molecule has 0 aromatic carbocycles. The molecule has 0 aliphatic carbocycles. The van der Waals surface area contributed by atoms with Crippen LogP contribution in [0.2, 0.25) is 0 Å². The molecule has 6 heteroatoms. The van der Waals surface area contributed by atoms with Crippen LogP contribution in [0.5, 0.6) is 0 Å². The molecule has 0 bridgehead atoms. The molecule has 0 saturated carbocycles. The monoisotopic (exact) mass is 264 g/mol. The predicted octanol–water partition coefficient (Wildman–Crippen LogP) is -0.187. The molecule has 0 aliphatic heterocycles. The van der Waals surface area contributed by atoms with Crippen molar-refractivity contribution in [1.29, 1.82) is 0 Å². The van der Waals surface area contributed by atoms with Crippen molar-refractivity contribution in [2.75, 3.05) is 19.6 Å². The molecule has 0 radical (unpaired) electrons. The predicted molar refractivity (Wildman–Crippen MR) is 72.1 cm³/mol. The minimum absolute atomic E-state index is 0.0321. The van der Waals surface area contributed by atoms with Crippen molar-refractivity contribution in [2.45, 2.75) is 20.4 Å². The van der Waals surface area contributed by atoms with E-state index in [1.807, 2.05) is 32.0 Å². The van der Waals surface area contributed by atoms with Crippen molar-refractivity contribution in [3.05, 3.63) is 29.6 Å². The Morgan fingerprint density at radius 2 is 2.16 bits per heavy atom. The Morgan fingerprint density at radius 3 is 2.74 bits per heavy atom. The molecule has 1 rings (SSSR count). The molecule has 1 aromatic rings. The van der Waals surface area contributed by atoms with E-state index in [0.29, 0.717) is 13.1 Å². The van der Waals surface area contributed by atoms with Crippen LogP contribution >= 0.6 is 0 Å². The van der Waals surface area contributed by atoms with Gasteiger partial charge in [-0.3, -0.25) is 14.6 Å². The average molecular weight is 264 g/mol. The highest BCUT2D eigenvalue weighted by atomic mass is 16.2. The minimum atomic E-state index is -0.335. The molecule has 19 heavy (non-hydrogen) atoms. The van der Waals surface area contributed by atoms with E-state index in [4.69, 9.17) is 5.73 Å². The van der Waals surface area contributed by atoms with Gasteiger partial charge in [0.05, 0.1) is 25.3 Å². The zero-order valence-electron chi connectivity index (χ0n) is 11.3. The number of hydrogen-bond donors (Lipinski definition) is 2. The molecule has 2 amide bonds. The largest absolute Gasteiger partial charge is 0.346 e. The van der Waals surface area contributed by atoms with Crippen molar-refractivity contribution < 1.29 is 9.59 Å². The number of carbonyl (C=O) groups is 2. The lowest BCUT2D eigenvalue weighted by Gasteiger charge is -2.20. The van der Waals surface area contributed by atoms with E-state index in [1.54, 1.807) is 4.90 Å². The number of amides is 2. The van der Waals surface area contributed by atoms with Gasteiger partial charge in [-0.15, -0.1) is 0 Å². The van der Waals surface area contributed by atoms with E-state index in [-0.39, 0.29) is 24.9 Å². The highest BCUT2D eigenvalue weighted by Crippen LogP contribution is 2.03. The summed E-state index contributed by atoms with van der Waals surface area (Å²) < 4.78 is 0. The Hall–Kier alpha value is -1.95. The number of nitrogens with zero attached hydrogens (tertiary/aromatic N) is 2. The Balaban J connectivity index is 2.57. The van der Waals surface area contributed by atoms with E-state index in [0.717, 1.165) is 11.4 Å². The Morgan fingerprint density at radius 1 is 1.42 bits per heavy atom. The van der Waals surface area contributed by atoms with Crippen molar-refractivity contribution in [1.82, 2.24) is 15.2 Å². The summed E-state index contributed by atoms with van der Waals surface area (Å²) in [5.41, 5.74) is 6.91. The lowest BCUT2D eigenvalue weighted by molar-refractivity contribution is -0.133. The van der Waals surface area contributed by atoms with Crippen molar-refractivity contribution in [3.63, 3.8) is 0 Å². The number of aromatic nitrogens is 1. The van der Waals surface area contributed by atoms with Gasteiger partial charge in [0.25, 0.3) is 0 Å². The number of likely N-dealkylation sites (N-methyl/N-ethyl adjacent to an activating group) is 1. The van der Waals surface area contributed by atoms with Crippen LogP contribution in [-0.4, -0.2) is 41.3 Å². The Kier molecular flexibility index (Phi) is 5.95. The summed E-state index contributed by atoms with van der Waals surface area (Å²) in [4.78, 5) is 28.9. The molecule has 104 valence electrons. The van der Waals surface area contributed by atoms with E-state index >= 15 is 0 Å². The van der Waals surface area contributed by atoms with Gasteiger partial charge in [-0.05, 0) is 26.0 Å². The normalized spacial score (nSPS) is 10.1. The number of hydrogen-bond acceptors (Lipinski definition) is 4. The number of nitrogens with one attached hydrogen (secondary N) is 1. The average Bonchev–Trinajstić information content (AvgIpc) is 2.41. The third-order valence-corrected chi connectivity index (χ3v) is 2.66. The SMILES string of the molecule is CCN(Cc1cccc(C)n1)C(=O)CNC(=O)CN. The molecule has 0 saturated heterocycles. The number of aryl methyl sites for hydroxylation is 1. The number of rotatable bonds is 6. The molecular weight excluding hydrogens is 244 g/mol. The van der Waals surface area contributed by atoms with Crippen LogP contribution in [0.15, 0.2) is 18.2 Å². The summed E-state index contributed by atoms with van der Waals surface area (Å²) in [6, 6.07) is 5.69. The van der Waals surface area contributed by atoms with Crippen LogP contribution in [0, 0.1) is 6.92 Å². The molecule has 0 fully saturated rings. The summed E-state index contributed by atoms with van der Waals surface area (Å²) in [5, 5.41) is 2.47. The summed E-state index contributed by atoms with van der Waals surface area (Å²) >= 11 is 0. The maximum atomic E-state index is 11.9. The van der Waals surface area contributed by atoms with Gasteiger partial charge in [0.2, 0.25) is 11.8 Å². The van der Waals surface area contributed by atoms with E-state index in [1.165, 1.54) is 0 Å². The summed E-state index contributed by atoms with van der Waals surface area (Å²) in [5.74, 6) is -0.481. The first-order chi connectivity index (χ1) is 9.06. The molecule has 0 aliphatic rings. The van der Waals surface area contributed by atoms with E-state index < -0.39 is 0 Å². The molecule has 1 heterocycles. The minimum Gasteiger partial charge on any atom is -0.346 e. The molecule has 3 N–H and O–H groups in total. The summed E-state index contributed by atoms with van der Waals surface area (Å²) in [6.07, 6.45) is 0. The van der Waals surface area contributed by atoms with Crippen LogP contribution < -0.4 is 11.1 Å². The van der Waals surface area contributed by atoms with E-state index in [2.05, 4.69) is 10.3 Å². The van der Waals surface area contributed by atoms with Crippen LogP contribution in [0.1, 0.15) is 18.3 Å². The van der Waals surface area contributed by atoms with Gasteiger partial charge >= 0.3 is 0 Å². The van der Waals surface area contributed by atoms with Gasteiger partial charge in [-0.25, -0.2) is 0 Å². The van der Waals surface area contributed by atoms with Crippen LogP contribution in [0.3, 0.4) is 0 Å². The van der Waals surface area contributed by atoms with Crippen molar-refractivity contribution in [2.24, 2.45) is 5.73 Å². The standard InChI is InChI=1S/C13H20N4O2/c1-3-17(13(19)8-15-12(18)7-14)9-11-6-4-5-10(2)16-11/h4-6H,3,7-9,14H2,1-2H3,(H,15,18). The number of carbonyl (C=O) groups excluding carboxylic acids is 2. The third kappa shape index (κ3) is 5.05. The second-order valence-electron chi connectivity index (χ2n) is 4.16. The summed E-state index contributed by atoms with van der Waals surface area (Å²) in [7, 11) is 0. The molecule has 1 aromatic heterocycles. The second kappa shape index (κ2) is 7.48. The molecule has 0 atom stereocenters. The first kappa shape index (κ1) is 15.1. The maximum absolute atomic E-state index is 11.9.